The van der Waals surface area contributed by atoms with Crippen LogP contribution < -0.4 is 5.73 Å². The van der Waals surface area contributed by atoms with E-state index in [-0.39, 0.29) is 5.91 Å². The quantitative estimate of drug-likeness (QED) is 0.615. The number of ether oxygens (including phenoxy) is 1. The monoisotopic (exact) mass is 184 g/mol. The van der Waals surface area contributed by atoms with Crippen LogP contribution in [0.15, 0.2) is 11.6 Å². The Balaban J connectivity index is 2.41. The van der Waals surface area contributed by atoms with E-state index in [1.807, 2.05) is 6.92 Å². The highest BCUT2D eigenvalue weighted by Gasteiger charge is 2.13. The van der Waals surface area contributed by atoms with Crippen LogP contribution in [0.5, 0.6) is 0 Å². The standard InChI is InChI=1S/C9H16N2O2/c1-2-8(9(10)12)7-11-3-5-13-6-4-11/h2H,3-7H2,1H3,(H2,10,12)/b8-2+. The van der Waals surface area contributed by atoms with Gasteiger partial charge < -0.3 is 10.5 Å². The number of allylic oxidation sites excluding steroid dienone is 1. The van der Waals surface area contributed by atoms with E-state index >= 15 is 0 Å². The summed E-state index contributed by atoms with van der Waals surface area (Å²) in [5.41, 5.74) is 5.88. The lowest BCUT2D eigenvalue weighted by Crippen LogP contribution is -2.39. The van der Waals surface area contributed by atoms with E-state index in [2.05, 4.69) is 4.90 Å². The van der Waals surface area contributed by atoms with Crippen LogP contribution in [0.3, 0.4) is 0 Å². The molecule has 0 aromatic rings. The van der Waals surface area contributed by atoms with Crippen LogP contribution in [-0.4, -0.2) is 43.7 Å². The fourth-order valence-corrected chi connectivity index (χ4v) is 1.31. The van der Waals surface area contributed by atoms with Crippen LogP contribution in [0.25, 0.3) is 0 Å². The van der Waals surface area contributed by atoms with Crippen LogP contribution in [0, 0.1) is 0 Å². The molecule has 0 aliphatic carbocycles. The van der Waals surface area contributed by atoms with Crippen molar-refractivity contribution in [1.29, 1.82) is 0 Å². The highest BCUT2D eigenvalue weighted by molar-refractivity contribution is 5.92. The molecule has 2 N–H and O–H groups in total. The van der Waals surface area contributed by atoms with E-state index in [0.29, 0.717) is 12.1 Å². The molecule has 1 saturated heterocycles. The number of hydrogen-bond donors (Lipinski definition) is 1. The van der Waals surface area contributed by atoms with Crippen molar-refractivity contribution < 1.29 is 9.53 Å². The molecular formula is C9H16N2O2. The lowest BCUT2D eigenvalue weighted by atomic mass is 10.2. The fourth-order valence-electron chi connectivity index (χ4n) is 1.31. The van der Waals surface area contributed by atoms with Crippen molar-refractivity contribution >= 4 is 5.91 Å². The first-order valence-electron chi connectivity index (χ1n) is 4.49. The van der Waals surface area contributed by atoms with Gasteiger partial charge in [-0.25, -0.2) is 0 Å². The van der Waals surface area contributed by atoms with Gasteiger partial charge in [-0.2, -0.15) is 0 Å². The first-order chi connectivity index (χ1) is 6.24. The maximum absolute atomic E-state index is 10.9. The van der Waals surface area contributed by atoms with Crippen LogP contribution in [0.4, 0.5) is 0 Å². The Morgan fingerprint density at radius 3 is 2.62 bits per heavy atom. The molecule has 1 rings (SSSR count). The van der Waals surface area contributed by atoms with Crippen LogP contribution in [-0.2, 0) is 9.53 Å². The maximum Gasteiger partial charge on any atom is 0.245 e. The van der Waals surface area contributed by atoms with Crippen molar-refractivity contribution in [2.75, 3.05) is 32.8 Å². The summed E-state index contributed by atoms with van der Waals surface area (Å²) in [6, 6.07) is 0. The van der Waals surface area contributed by atoms with Gasteiger partial charge >= 0.3 is 0 Å². The third-order valence-electron chi connectivity index (χ3n) is 2.16. The zero-order valence-corrected chi connectivity index (χ0v) is 7.95. The van der Waals surface area contributed by atoms with Gasteiger partial charge in [0.2, 0.25) is 5.91 Å². The highest BCUT2D eigenvalue weighted by atomic mass is 16.5. The molecule has 0 saturated carbocycles. The SMILES string of the molecule is C/C=C(\CN1CCOCC1)C(N)=O. The fraction of sp³-hybridized carbons (Fsp3) is 0.667. The molecule has 0 aromatic heterocycles. The van der Waals surface area contributed by atoms with Gasteiger partial charge in [0.05, 0.1) is 13.2 Å². The summed E-state index contributed by atoms with van der Waals surface area (Å²) in [5, 5.41) is 0. The number of rotatable bonds is 3. The normalized spacial score (nSPS) is 20.2. The van der Waals surface area contributed by atoms with Crippen molar-refractivity contribution in [3.63, 3.8) is 0 Å². The third-order valence-corrected chi connectivity index (χ3v) is 2.16. The van der Waals surface area contributed by atoms with Gasteiger partial charge in [-0.1, -0.05) is 6.08 Å². The summed E-state index contributed by atoms with van der Waals surface area (Å²) in [4.78, 5) is 13.1. The molecule has 4 nitrogen and oxygen atoms in total. The summed E-state index contributed by atoms with van der Waals surface area (Å²) in [6.45, 7) is 5.73. The molecule has 0 unspecified atom stereocenters. The Morgan fingerprint density at radius 2 is 2.15 bits per heavy atom. The minimum absolute atomic E-state index is 0.325. The maximum atomic E-state index is 10.9. The van der Waals surface area contributed by atoms with Crippen LogP contribution >= 0.6 is 0 Å². The summed E-state index contributed by atoms with van der Waals surface area (Å²) in [7, 11) is 0. The number of carbonyl (C=O) groups excluding carboxylic acids is 1. The second-order valence-corrected chi connectivity index (χ2v) is 3.07. The number of nitrogens with two attached hydrogens (primary N) is 1. The average Bonchev–Trinajstić information content (AvgIpc) is 2.15. The van der Waals surface area contributed by atoms with Gasteiger partial charge in [0, 0.05) is 25.2 Å². The van der Waals surface area contributed by atoms with Gasteiger partial charge in [0.1, 0.15) is 0 Å². The number of hydrogen-bond acceptors (Lipinski definition) is 3. The van der Waals surface area contributed by atoms with Gasteiger partial charge in [-0.3, -0.25) is 9.69 Å². The molecule has 1 fully saturated rings. The molecule has 4 heteroatoms. The van der Waals surface area contributed by atoms with E-state index in [4.69, 9.17) is 10.5 Å². The van der Waals surface area contributed by atoms with Crippen molar-refractivity contribution in [2.45, 2.75) is 6.92 Å². The Bertz CT molecular complexity index is 208. The number of morpholine rings is 1. The zero-order chi connectivity index (χ0) is 9.68. The summed E-state index contributed by atoms with van der Waals surface area (Å²) in [5.74, 6) is -0.325. The average molecular weight is 184 g/mol. The zero-order valence-electron chi connectivity index (χ0n) is 7.95. The lowest BCUT2D eigenvalue weighted by Gasteiger charge is -2.26. The Kier molecular flexibility index (Phi) is 3.92. The first-order valence-corrected chi connectivity index (χ1v) is 4.49. The molecule has 1 aliphatic rings. The minimum atomic E-state index is -0.325. The van der Waals surface area contributed by atoms with Crippen molar-refractivity contribution in [2.24, 2.45) is 5.73 Å². The number of amides is 1. The summed E-state index contributed by atoms with van der Waals surface area (Å²) in [6.07, 6.45) is 1.78. The largest absolute Gasteiger partial charge is 0.379 e. The first kappa shape index (κ1) is 10.2. The topological polar surface area (TPSA) is 55.6 Å². The number of primary amides is 1. The van der Waals surface area contributed by atoms with Gasteiger partial charge in [0.25, 0.3) is 0 Å². The third kappa shape index (κ3) is 3.16. The van der Waals surface area contributed by atoms with Gasteiger partial charge in [-0.15, -0.1) is 0 Å². The molecule has 0 aromatic carbocycles. The Morgan fingerprint density at radius 1 is 1.54 bits per heavy atom. The van der Waals surface area contributed by atoms with Crippen LogP contribution in [0.2, 0.25) is 0 Å². The summed E-state index contributed by atoms with van der Waals surface area (Å²) >= 11 is 0. The summed E-state index contributed by atoms with van der Waals surface area (Å²) < 4.78 is 5.20. The molecular weight excluding hydrogens is 168 g/mol. The molecule has 1 amide bonds. The molecule has 0 atom stereocenters. The van der Waals surface area contributed by atoms with Gasteiger partial charge in [0.15, 0.2) is 0 Å². The molecule has 0 radical (unpaired) electrons. The van der Waals surface area contributed by atoms with E-state index in [0.717, 1.165) is 26.3 Å². The molecule has 13 heavy (non-hydrogen) atoms. The molecule has 0 spiro atoms. The van der Waals surface area contributed by atoms with E-state index in [1.54, 1.807) is 6.08 Å². The van der Waals surface area contributed by atoms with Crippen LogP contribution in [0.1, 0.15) is 6.92 Å². The molecule has 1 heterocycles. The van der Waals surface area contributed by atoms with Crippen molar-refractivity contribution in [3.8, 4) is 0 Å². The van der Waals surface area contributed by atoms with E-state index in [1.165, 1.54) is 0 Å². The van der Waals surface area contributed by atoms with Crippen molar-refractivity contribution in [1.82, 2.24) is 4.90 Å². The van der Waals surface area contributed by atoms with E-state index < -0.39 is 0 Å². The predicted octanol–water partition coefficient (Wildman–Crippen LogP) is -0.250. The molecule has 74 valence electrons. The van der Waals surface area contributed by atoms with E-state index in [9.17, 15) is 4.79 Å². The highest BCUT2D eigenvalue weighted by Crippen LogP contribution is 2.02. The molecule has 0 bridgehead atoms. The Labute approximate surface area is 78.3 Å². The van der Waals surface area contributed by atoms with Crippen molar-refractivity contribution in [3.05, 3.63) is 11.6 Å². The number of nitrogens with zero attached hydrogens (tertiary/aromatic N) is 1. The predicted molar refractivity (Wildman–Crippen MR) is 50.2 cm³/mol. The minimum Gasteiger partial charge on any atom is -0.379 e. The number of carbonyl (C=O) groups is 1. The smallest absolute Gasteiger partial charge is 0.245 e. The molecule has 1 aliphatic heterocycles. The second kappa shape index (κ2) is 4.99. The lowest BCUT2D eigenvalue weighted by molar-refractivity contribution is -0.114. The van der Waals surface area contributed by atoms with Gasteiger partial charge in [-0.05, 0) is 6.92 Å². The second-order valence-electron chi connectivity index (χ2n) is 3.07. The Hall–Kier alpha value is -0.870.